The normalized spacial score (nSPS) is 19.2. The van der Waals surface area contributed by atoms with Gasteiger partial charge < -0.3 is 25.3 Å². The number of aldehydes is 1. The molecule has 2 fully saturated rings. The van der Waals surface area contributed by atoms with Crippen LogP contribution in [0.25, 0.3) is 10.9 Å². The van der Waals surface area contributed by atoms with Gasteiger partial charge in [0.2, 0.25) is 0 Å². The summed E-state index contributed by atoms with van der Waals surface area (Å²) in [6.07, 6.45) is 1.60. The number of nitrogens with zero attached hydrogens (tertiary/aromatic N) is 2. The summed E-state index contributed by atoms with van der Waals surface area (Å²) in [6, 6.07) is 11.0. The van der Waals surface area contributed by atoms with Crippen LogP contribution < -0.4 is 16.0 Å². The molecular formula is C30H36F3N5O3S. The van der Waals surface area contributed by atoms with Crippen molar-refractivity contribution < 1.29 is 26.9 Å². The molecule has 0 aliphatic carbocycles. The molecule has 0 amide bonds. The summed E-state index contributed by atoms with van der Waals surface area (Å²) in [6.45, 7) is 0.924. The molecule has 0 unspecified atom stereocenters. The van der Waals surface area contributed by atoms with Crippen molar-refractivity contribution in [2.75, 3.05) is 48.9 Å². The topological polar surface area (TPSA) is 97.3 Å². The van der Waals surface area contributed by atoms with E-state index < -0.39 is 23.5 Å². The molecule has 8 nitrogen and oxygen atoms in total. The molecule has 2 saturated heterocycles. The quantitative estimate of drug-likeness (QED) is 0.269. The Morgan fingerprint density at radius 1 is 1.12 bits per heavy atom. The second-order valence-electron chi connectivity index (χ2n) is 10.2. The molecule has 3 N–H and O–H groups in total. The first kappa shape index (κ1) is 31.5. The SMILES string of the molecule is CNC1CCOCC1.O=Cc1ccc(NCC#Cc2cc3c(NC4CCS(=O)CC4)cccc3n2CC(F)(F)F)cn1. The molecule has 5 rings (SSSR count). The second kappa shape index (κ2) is 15.2. The number of pyridine rings is 1. The van der Waals surface area contributed by atoms with E-state index in [0.717, 1.165) is 31.7 Å². The molecular weight excluding hydrogens is 567 g/mol. The van der Waals surface area contributed by atoms with Crippen LogP contribution in [-0.2, 0) is 22.1 Å². The van der Waals surface area contributed by atoms with Gasteiger partial charge in [0.15, 0.2) is 6.29 Å². The van der Waals surface area contributed by atoms with Gasteiger partial charge in [0, 0.05) is 58.7 Å². The number of carbonyl (C=O) groups excluding carboxylic acids is 1. The van der Waals surface area contributed by atoms with E-state index in [1.165, 1.54) is 23.6 Å². The summed E-state index contributed by atoms with van der Waals surface area (Å²) in [5.74, 6) is 6.98. The number of ether oxygens (including phenoxy) is 1. The van der Waals surface area contributed by atoms with Crippen LogP contribution in [-0.4, -0.2) is 76.6 Å². The van der Waals surface area contributed by atoms with Crippen molar-refractivity contribution in [1.82, 2.24) is 14.9 Å². The number of carbonyl (C=O) groups is 1. The molecule has 0 bridgehead atoms. The van der Waals surface area contributed by atoms with Gasteiger partial charge in [-0.15, -0.1) is 0 Å². The molecule has 2 aromatic heterocycles. The molecule has 0 saturated carbocycles. The zero-order valence-electron chi connectivity index (χ0n) is 23.5. The van der Waals surface area contributed by atoms with Crippen LogP contribution in [0.5, 0.6) is 0 Å². The predicted molar refractivity (Wildman–Crippen MR) is 160 cm³/mol. The third-order valence-corrected chi connectivity index (χ3v) is 8.55. The Hall–Kier alpha value is -3.40. The lowest BCUT2D eigenvalue weighted by Gasteiger charge is -2.24. The minimum Gasteiger partial charge on any atom is -0.382 e. The number of benzene rings is 1. The maximum atomic E-state index is 13.4. The molecule has 226 valence electrons. The summed E-state index contributed by atoms with van der Waals surface area (Å²) in [5.41, 5.74) is 2.42. The van der Waals surface area contributed by atoms with Crippen molar-refractivity contribution in [3.63, 3.8) is 0 Å². The van der Waals surface area contributed by atoms with Gasteiger partial charge in [-0.25, -0.2) is 0 Å². The lowest BCUT2D eigenvalue weighted by molar-refractivity contribution is -0.140. The van der Waals surface area contributed by atoms with Crippen LogP contribution in [0.3, 0.4) is 0 Å². The number of anilines is 2. The highest BCUT2D eigenvalue weighted by atomic mass is 32.2. The van der Waals surface area contributed by atoms with Gasteiger partial charge in [0.1, 0.15) is 12.2 Å². The number of alkyl halides is 3. The minimum absolute atomic E-state index is 0.132. The number of hydrogen-bond donors (Lipinski definition) is 3. The van der Waals surface area contributed by atoms with Crippen molar-refractivity contribution in [3.05, 3.63) is 54.0 Å². The standard InChI is InChI=1S/C24H23F3N4O2S.C6H13NO/c25-24(26,27)16-31-20(3-2-10-28-18-6-7-19(15-32)29-14-18)13-21-22(4-1-5-23(21)31)30-17-8-11-34(33)12-9-17;1-7-6-2-4-8-5-3-6/h1,4-7,13-15,17,28,30H,8-12,16H2;6-7H,2-5H2,1H3. The summed E-state index contributed by atoms with van der Waals surface area (Å²) < 4.78 is 58.0. The molecule has 2 aliphatic heterocycles. The lowest BCUT2D eigenvalue weighted by atomic mass is 10.1. The monoisotopic (exact) mass is 603 g/mol. The molecule has 1 aromatic carbocycles. The van der Waals surface area contributed by atoms with Crippen LogP contribution in [0.15, 0.2) is 42.6 Å². The molecule has 3 aromatic rings. The van der Waals surface area contributed by atoms with Crippen molar-refractivity contribution >= 4 is 39.4 Å². The average Bonchev–Trinajstić information content (AvgIpc) is 3.34. The van der Waals surface area contributed by atoms with Crippen molar-refractivity contribution in [2.45, 2.75) is 50.5 Å². The van der Waals surface area contributed by atoms with E-state index in [2.05, 4.69) is 32.8 Å². The first-order valence-electron chi connectivity index (χ1n) is 13.9. The highest BCUT2D eigenvalue weighted by Gasteiger charge is 2.30. The summed E-state index contributed by atoms with van der Waals surface area (Å²) in [7, 11) is 1.22. The largest absolute Gasteiger partial charge is 0.406 e. The molecule has 0 spiro atoms. The smallest absolute Gasteiger partial charge is 0.382 e. The van der Waals surface area contributed by atoms with Crippen LogP contribution in [0.2, 0.25) is 0 Å². The van der Waals surface area contributed by atoms with E-state index in [-0.39, 0.29) is 18.3 Å². The van der Waals surface area contributed by atoms with E-state index in [1.807, 2.05) is 13.1 Å². The Bertz CT molecular complexity index is 1400. The van der Waals surface area contributed by atoms with E-state index >= 15 is 0 Å². The highest BCUT2D eigenvalue weighted by molar-refractivity contribution is 7.85. The molecule has 0 atom stereocenters. The Balaban J connectivity index is 0.000000437. The van der Waals surface area contributed by atoms with Crippen LogP contribution >= 0.6 is 0 Å². The Kier molecular flexibility index (Phi) is 11.4. The van der Waals surface area contributed by atoms with Crippen molar-refractivity contribution in [1.29, 1.82) is 0 Å². The van der Waals surface area contributed by atoms with E-state index in [1.54, 1.807) is 30.3 Å². The van der Waals surface area contributed by atoms with Gasteiger partial charge >= 0.3 is 6.18 Å². The van der Waals surface area contributed by atoms with E-state index in [9.17, 15) is 22.2 Å². The van der Waals surface area contributed by atoms with Crippen molar-refractivity contribution in [2.24, 2.45) is 0 Å². The van der Waals surface area contributed by atoms with Crippen LogP contribution in [0, 0.1) is 11.8 Å². The number of nitrogens with one attached hydrogen (secondary N) is 3. The van der Waals surface area contributed by atoms with Gasteiger partial charge in [-0.3, -0.25) is 14.0 Å². The maximum absolute atomic E-state index is 13.4. The minimum atomic E-state index is -4.40. The number of aromatic nitrogens is 2. The Labute approximate surface area is 246 Å². The van der Waals surface area contributed by atoms with Gasteiger partial charge in [-0.05, 0) is 69.0 Å². The van der Waals surface area contributed by atoms with Gasteiger partial charge in [-0.2, -0.15) is 13.2 Å². The molecule has 42 heavy (non-hydrogen) atoms. The maximum Gasteiger partial charge on any atom is 0.406 e. The Morgan fingerprint density at radius 3 is 2.50 bits per heavy atom. The fraction of sp³-hybridized carbons (Fsp3) is 0.467. The average molecular weight is 604 g/mol. The van der Waals surface area contributed by atoms with E-state index in [4.69, 9.17) is 4.74 Å². The van der Waals surface area contributed by atoms with Gasteiger partial charge in [0.05, 0.1) is 29.6 Å². The molecule has 12 heteroatoms. The molecule has 2 aliphatic rings. The second-order valence-corrected chi connectivity index (χ2v) is 11.9. The number of halogens is 3. The highest BCUT2D eigenvalue weighted by Crippen LogP contribution is 2.31. The van der Waals surface area contributed by atoms with Crippen LogP contribution in [0.4, 0.5) is 24.5 Å². The zero-order chi connectivity index (χ0) is 30.0. The van der Waals surface area contributed by atoms with Gasteiger partial charge in [-0.1, -0.05) is 12.0 Å². The summed E-state index contributed by atoms with van der Waals surface area (Å²) >= 11 is 0. The first-order valence-corrected chi connectivity index (χ1v) is 15.4. The lowest BCUT2D eigenvalue weighted by Crippen LogP contribution is -2.31. The molecule has 0 radical (unpaired) electrons. The fourth-order valence-electron chi connectivity index (χ4n) is 4.87. The third-order valence-electron chi connectivity index (χ3n) is 7.16. The van der Waals surface area contributed by atoms with Crippen LogP contribution in [0.1, 0.15) is 41.9 Å². The summed E-state index contributed by atoms with van der Waals surface area (Å²) in [5, 5.41) is 10.3. The number of rotatable bonds is 7. The van der Waals surface area contributed by atoms with Crippen molar-refractivity contribution in [3.8, 4) is 11.8 Å². The third kappa shape index (κ3) is 9.31. The summed E-state index contributed by atoms with van der Waals surface area (Å²) in [4.78, 5) is 14.6. The Morgan fingerprint density at radius 2 is 1.88 bits per heavy atom. The predicted octanol–water partition coefficient (Wildman–Crippen LogP) is 4.58. The first-order chi connectivity index (χ1) is 20.3. The van der Waals surface area contributed by atoms with Gasteiger partial charge in [0.25, 0.3) is 0 Å². The number of hydrogen-bond acceptors (Lipinski definition) is 7. The zero-order valence-corrected chi connectivity index (χ0v) is 24.3. The fourth-order valence-corrected chi connectivity index (χ4v) is 6.17. The molecule has 4 heterocycles. The van der Waals surface area contributed by atoms with E-state index in [0.29, 0.717) is 46.1 Å². The number of fused-ring (bicyclic) bond motifs is 1.